The molecule has 0 unspecified atom stereocenters. The second-order valence-electron chi connectivity index (χ2n) is 7.43. The summed E-state index contributed by atoms with van der Waals surface area (Å²) in [5.41, 5.74) is 2.27. The molecule has 0 atom stereocenters. The van der Waals surface area contributed by atoms with Gasteiger partial charge in [-0.1, -0.05) is 25.0 Å². The molecule has 2 aromatic carbocycles. The molecule has 0 aromatic heterocycles. The molecule has 0 aliphatic carbocycles. The van der Waals surface area contributed by atoms with Crippen molar-refractivity contribution in [3.05, 3.63) is 47.5 Å². The van der Waals surface area contributed by atoms with E-state index in [1.807, 2.05) is 18.2 Å². The quantitative estimate of drug-likeness (QED) is 0.218. The van der Waals surface area contributed by atoms with Crippen LogP contribution in [0.5, 0.6) is 23.0 Å². The third-order valence-electron chi connectivity index (χ3n) is 5.13. The molecule has 0 spiro atoms. The van der Waals surface area contributed by atoms with Crippen molar-refractivity contribution in [2.24, 2.45) is 0 Å². The summed E-state index contributed by atoms with van der Waals surface area (Å²) < 4.78 is 10.6. The molecule has 0 aliphatic rings. The first-order valence-corrected chi connectivity index (χ1v) is 10.8. The zero-order valence-corrected chi connectivity index (χ0v) is 20.7. The molecule has 0 heterocycles. The van der Waals surface area contributed by atoms with Gasteiger partial charge in [0.15, 0.2) is 23.0 Å². The van der Waals surface area contributed by atoms with Crippen molar-refractivity contribution in [1.29, 1.82) is 0 Å². The molecule has 0 aliphatic heterocycles. The first-order valence-electron chi connectivity index (χ1n) is 10.8. The van der Waals surface area contributed by atoms with Crippen molar-refractivity contribution in [1.82, 2.24) is 10.6 Å². The fourth-order valence-corrected chi connectivity index (χ4v) is 3.33. The number of rotatable bonds is 15. The largest absolute Gasteiger partial charge is 0.504 e. The van der Waals surface area contributed by atoms with Crippen LogP contribution < -0.4 is 20.1 Å². The summed E-state index contributed by atoms with van der Waals surface area (Å²) in [7, 11) is 3.32. The summed E-state index contributed by atoms with van der Waals surface area (Å²) in [5.74, 6) is 1.43. The first kappa shape index (κ1) is 30.1. The van der Waals surface area contributed by atoms with Crippen LogP contribution in [-0.4, -0.2) is 50.6 Å². The molecule has 0 bridgehead atoms. The average Bonchev–Trinajstić information content (AvgIpc) is 2.76. The minimum Gasteiger partial charge on any atom is -0.504 e. The Balaban J connectivity index is 0.00000480. The van der Waals surface area contributed by atoms with E-state index in [9.17, 15) is 10.2 Å². The molecule has 0 radical (unpaired) electrons. The molecule has 4 N–H and O–H groups in total. The van der Waals surface area contributed by atoms with E-state index >= 15 is 0 Å². The summed E-state index contributed by atoms with van der Waals surface area (Å²) in [6, 6.07) is 11.1. The highest BCUT2D eigenvalue weighted by atomic mass is 35.5. The fraction of sp³-hybridized carbons (Fsp3) is 0.500. The van der Waals surface area contributed by atoms with Crippen LogP contribution in [0.25, 0.3) is 0 Å². The Kier molecular flexibility index (Phi) is 16.6. The summed E-state index contributed by atoms with van der Waals surface area (Å²) in [6.07, 6.45) is 6.65. The van der Waals surface area contributed by atoms with Gasteiger partial charge in [-0.05, 0) is 87.3 Å². The summed E-state index contributed by atoms with van der Waals surface area (Å²) in [4.78, 5) is 0. The van der Waals surface area contributed by atoms with Gasteiger partial charge in [0.2, 0.25) is 0 Å². The highest BCUT2D eigenvalue weighted by molar-refractivity contribution is 5.85. The Morgan fingerprint density at radius 1 is 0.625 bits per heavy atom. The molecule has 2 aromatic rings. The van der Waals surface area contributed by atoms with Gasteiger partial charge in [0, 0.05) is 0 Å². The lowest BCUT2D eigenvalue weighted by Gasteiger charge is -2.10. The number of ether oxygens (including phenoxy) is 2. The Morgan fingerprint density at radius 2 is 1.16 bits per heavy atom. The van der Waals surface area contributed by atoms with Gasteiger partial charge in [-0.25, -0.2) is 0 Å². The maximum Gasteiger partial charge on any atom is 0.160 e. The van der Waals surface area contributed by atoms with E-state index in [4.69, 9.17) is 9.47 Å². The lowest BCUT2D eigenvalue weighted by molar-refractivity contribution is 0.354. The van der Waals surface area contributed by atoms with E-state index in [-0.39, 0.29) is 36.3 Å². The normalized spacial score (nSPS) is 10.2. The first-order chi connectivity index (χ1) is 14.6. The molecule has 0 amide bonds. The average molecular weight is 489 g/mol. The predicted octanol–water partition coefficient (Wildman–Crippen LogP) is 4.48. The zero-order chi connectivity index (χ0) is 21.6. The Labute approximate surface area is 204 Å². The topological polar surface area (TPSA) is 83.0 Å². The monoisotopic (exact) mass is 488 g/mol. The maximum atomic E-state index is 9.49. The number of methoxy groups -OCH3 is 2. The van der Waals surface area contributed by atoms with Gasteiger partial charge < -0.3 is 30.3 Å². The van der Waals surface area contributed by atoms with Gasteiger partial charge in [-0.2, -0.15) is 0 Å². The van der Waals surface area contributed by atoms with Crippen molar-refractivity contribution in [2.45, 2.75) is 38.5 Å². The van der Waals surface area contributed by atoms with E-state index in [0.29, 0.717) is 0 Å². The van der Waals surface area contributed by atoms with Crippen LogP contribution in [0, 0.1) is 0 Å². The lowest BCUT2D eigenvalue weighted by atomic mass is 10.1. The van der Waals surface area contributed by atoms with Crippen molar-refractivity contribution >= 4 is 24.8 Å². The number of halogens is 2. The number of unbranched alkanes of at least 4 members (excludes halogenated alkanes) is 3. The zero-order valence-electron chi connectivity index (χ0n) is 19.1. The van der Waals surface area contributed by atoms with Gasteiger partial charge in [-0.3, -0.25) is 0 Å². The molecule has 0 saturated heterocycles. The van der Waals surface area contributed by atoms with Crippen molar-refractivity contribution in [3.63, 3.8) is 0 Å². The molecule has 2 rings (SSSR count). The SMILES string of the molecule is COc1ccc(CCNCCCCCCNCCc2ccc(O)c(O)c2)cc1OC.Cl.Cl. The highest BCUT2D eigenvalue weighted by Gasteiger charge is 2.04. The number of phenols is 2. The van der Waals surface area contributed by atoms with Crippen molar-refractivity contribution in [3.8, 4) is 23.0 Å². The van der Waals surface area contributed by atoms with E-state index < -0.39 is 0 Å². The van der Waals surface area contributed by atoms with Crippen LogP contribution in [0.1, 0.15) is 36.8 Å². The van der Waals surface area contributed by atoms with Crippen LogP contribution in [0.2, 0.25) is 0 Å². The van der Waals surface area contributed by atoms with Crippen LogP contribution in [-0.2, 0) is 12.8 Å². The molecular weight excluding hydrogens is 451 g/mol. The van der Waals surface area contributed by atoms with E-state index in [1.54, 1.807) is 20.3 Å². The van der Waals surface area contributed by atoms with E-state index in [2.05, 4.69) is 16.7 Å². The Morgan fingerprint density at radius 3 is 1.69 bits per heavy atom. The Hall–Kier alpha value is -1.86. The summed E-state index contributed by atoms with van der Waals surface area (Å²) in [5, 5.41) is 25.8. The Bertz CT molecular complexity index is 763. The lowest BCUT2D eigenvalue weighted by Crippen LogP contribution is -2.19. The predicted molar refractivity (Wildman–Crippen MR) is 135 cm³/mol. The van der Waals surface area contributed by atoms with E-state index in [1.165, 1.54) is 37.3 Å². The summed E-state index contributed by atoms with van der Waals surface area (Å²) in [6.45, 7) is 3.90. The minimum absolute atomic E-state index is 0. The number of nitrogens with one attached hydrogen (secondary N) is 2. The van der Waals surface area contributed by atoms with E-state index in [0.717, 1.165) is 56.1 Å². The number of phenolic OH excluding ortho intramolecular Hbond substituents is 2. The molecule has 6 nitrogen and oxygen atoms in total. The molecule has 32 heavy (non-hydrogen) atoms. The third-order valence-corrected chi connectivity index (χ3v) is 5.13. The van der Waals surface area contributed by atoms with Crippen molar-refractivity contribution < 1.29 is 19.7 Å². The molecule has 182 valence electrons. The van der Waals surface area contributed by atoms with Crippen molar-refractivity contribution in [2.75, 3.05) is 40.4 Å². The van der Waals surface area contributed by atoms with Gasteiger partial charge in [0.1, 0.15) is 0 Å². The van der Waals surface area contributed by atoms with Gasteiger partial charge >= 0.3 is 0 Å². The summed E-state index contributed by atoms with van der Waals surface area (Å²) >= 11 is 0. The molecular formula is C24H38Cl2N2O4. The number of aromatic hydroxyl groups is 2. The fourth-order valence-electron chi connectivity index (χ4n) is 3.33. The van der Waals surface area contributed by atoms with Crippen LogP contribution >= 0.6 is 24.8 Å². The van der Waals surface area contributed by atoms with Crippen LogP contribution in [0.15, 0.2) is 36.4 Å². The number of benzene rings is 2. The number of hydrogen-bond acceptors (Lipinski definition) is 6. The molecule has 0 fully saturated rings. The second kappa shape index (κ2) is 17.7. The smallest absolute Gasteiger partial charge is 0.160 e. The standard InChI is InChI=1S/C24H36N2O4.2ClH/c1-29-23-10-8-20(18-24(23)30-2)12-16-26-14-6-4-3-5-13-25-15-11-19-7-9-21(27)22(28)17-19;;/h7-10,17-18,25-28H,3-6,11-16H2,1-2H3;2*1H. The third kappa shape index (κ3) is 11.1. The molecule has 0 saturated carbocycles. The van der Waals surface area contributed by atoms with Gasteiger partial charge in [0.05, 0.1) is 14.2 Å². The van der Waals surface area contributed by atoms with Gasteiger partial charge in [0.25, 0.3) is 0 Å². The number of hydrogen-bond donors (Lipinski definition) is 4. The van der Waals surface area contributed by atoms with Crippen LogP contribution in [0.4, 0.5) is 0 Å². The highest BCUT2D eigenvalue weighted by Crippen LogP contribution is 2.27. The van der Waals surface area contributed by atoms with Crippen LogP contribution in [0.3, 0.4) is 0 Å². The van der Waals surface area contributed by atoms with Gasteiger partial charge in [-0.15, -0.1) is 24.8 Å². The maximum absolute atomic E-state index is 9.49. The minimum atomic E-state index is -0.0674. The molecule has 8 heteroatoms. The second-order valence-corrected chi connectivity index (χ2v) is 7.43.